The predicted molar refractivity (Wildman–Crippen MR) is 84.6 cm³/mol. The van der Waals surface area contributed by atoms with E-state index >= 15 is 0 Å². The van der Waals surface area contributed by atoms with E-state index < -0.39 is 0 Å². The number of nitrogens with zero attached hydrogens (tertiary/aromatic N) is 2. The van der Waals surface area contributed by atoms with E-state index in [2.05, 4.69) is 4.98 Å². The van der Waals surface area contributed by atoms with Gasteiger partial charge in [0.05, 0.1) is 12.8 Å². The number of carbonyl (C=O) groups is 1. The van der Waals surface area contributed by atoms with Crippen LogP contribution in [0.15, 0.2) is 71.5 Å². The standard InChI is InChI=1S/C18H16N2O3/c21-15-8-6-14(7-9-15)12-20(13-16-4-3-11-23-16)18(22)17-5-1-2-10-19-17/h1-11,21H,12-13H2. The zero-order chi connectivity index (χ0) is 16.1. The second-order valence-corrected chi connectivity index (χ2v) is 5.12. The fourth-order valence-electron chi connectivity index (χ4n) is 2.26. The van der Waals surface area contributed by atoms with Gasteiger partial charge in [-0.15, -0.1) is 0 Å². The first-order valence-corrected chi connectivity index (χ1v) is 7.23. The Morgan fingerprint density at radius 2 is 1.87 bits per heavy atom. The Morgan fingerprint density at radius 1 is 1.04 bits per heavy atom. The topological polar surface area (TPSA) is 66.6 Å². The van der Waals surface area contributed by atoms with Gasteiger partial charge < -0.3 is 14.4 Å². The highest BCUT2D eigenvalue weighted by Gasteiger charge is 2.18. The summed E-state index contributed by atoms with van der Waals surface area (Å²) in [5.41, 5.74) is 1.30. The summed E-state index contributed by atoms with van der Waals surface area (Å²) in [7, 11) is 0. The maximum atomic E-state index is 12.7. The zero-order valence-electron chi connectivity index (χ0n) is 12.4. The van der Waals surface area contributed by atoms with Gasteiger partial charge in [-0.1, -0.05) is 18.2 Å². The van der Waals surface area contributed by atoms with Gasteiger partial charge in [-0.25, -0.2) is 0 Å². The number of phenols is 1. The quantitative estimate of drug-likeness (QED) is 0.786. The van der Waals surface area contributed by atoms with Crippen molar-refractivity contribution in [2.45, 2.75) is 13.1 Å². The Kier molecular flexibility index (Phi) is 4.38. The van der Waals surface area contributed by atoms with Crippen LogP contribution in [0.1, 0.15) is 21.8 Å². The number of rotatable bonds is 5. The van der Waals surface area contributed by atoms with Gasteiger partial charge in [0.15, 0.2) is 0 Å². The van der Waals surface area contributed by atoms with Gasteiger partial charge in [-0.2, -0.15) is 0 Å². The summed E-state index contributed by atoms with van der Waals surface area (Å²) in [6, 6.07) is 15.6. The highest BCUT2D eigenvalue weighted by Crippen LogP contribution is 2.16. The van der Waals surface area contributed by atoms with Gasteiger partial charge in [0.1, 0.15) is 17.2 Å². The highest BCUT2D eigenvalue weighted by atomic mass is 16.3. The summed E-state index contributed by atoms with van der Waals surface area (Å²) in [5, 5.41) is 9.38. The number of hydrogen-bond donors (Lipinski definition) is 1. The van der Waals surface area contributed by atoms with Crippen molar-refractivity contribution < 1.29 is 14.3 Å². The molecule has 3 aromatic rings. The molecule has 0 spiro atoms. The average molecular weight is 308 g/mol. The molecule has 0 atom stereocenters. The Hall–Kier alpha value is -3.08. The first-order valence-electron chi connectivity index (χ1n) is 7.23. The molecule has 0 aliphatic carbocycles. The molecule has 0 aliphatic heterocycles. The van der Waals surface area contributed by atoms with Crippen molar-refractivity contribution in [2.75, 3.05) is 0 Å². The summed E-state index contributed by atoms with van der Waals surface area (Å²) in [4.78, 5) is 18.5. The van der Waals surface area contributed by atoms with Crippen molar-refractivity contribution in [2.24, 2.45) is 0 Å². The molecule has 5 nitrogen and oxygen atoms in total. The lowest BCUT2D eigenvalue weighted by molar-refractivity contribution is 0.0711. The molecule has 0 fully saturated rings. The van der Waals surface area contributed by atoms with Gasteiger partial charge in [0.2, 0.25) is 0 Å². The second kappa shape index (κ2) is 6.79. The molecule has 116 valence electrons. The fourth-order valence-corrected chi connectivity index (χ4v) is 2.26. The molecule has 0 unspecified atom stereocenters. The third-order valence-corrected chi connectivity index (χ3v) is 3.41. The molecule has 0 radical (unpaired) electrons. The Labute approximate surface area is 133 Å². The predicted octanol–water partition coefficient (Wildman–Crippen LogP) is 3.22. The summed E-state index contributed by atoms with van der Waals surface area (Å²) < 4.78 is 5.35. The van der Waals surface area contributed by atoms with Crippen molar-refractivity contribution in [1.29, 1.82) is 0 Å². The zero-order valence-corrected chi connectivity index (χ0v) is 12.4. The molecule has 0 saturated heterocycles. The summed E-state index contributed by atoms with van der Waals surface area (Å²) >= 11 is 0. The number of phenolic OH excluding ortho intramolecular Hbond substituents is 1. The lowest BCUT2D eigenvalue weighted by atomic mass is 10.2. The average Bonchev–Trinajstić information content (AvgIpc) is 3.09. The van der Waals surface area contributed by atoms with Crippen LogP contribution in [0.4, 0.5) is 0 Å². The lowest BCUT2D eigenvalue weighted by Crippen LogP contribution is -2.30. The number of aromatic hydroxyl groups is 1. The Balaban J connectivity index is 1.83. The lowest BCUT2D eigenvalue weighted by Gasteiger charge is -2.21. The van der Waals surface area contributed by atoms with E-state index in [0.717, 1.165) is 5.56 Å². The molecular formula is C18H16N2O3. The normalized spacial score (nSPS) is 10.4. The molecule has 0 aliphatic rings. The summed E-state index contributed by atoms with van der Waals surface area (Å²) in [6.07, 6.45) is 3.18. The number of carbonyl (C=O) groups excluding carboxylic acids is 1. The van der Waals surface area contributed by atoms with E-state index in [9.17, 15) is 9.90 Å². The van der Waals surface area contributed by atoms with Crippen molar-refractivity contribution in [3.05, 3.63) is 84.1 Å². The van der Waals surface area contributed by atoms with Crippen molar-refractivity contribution >= 4 is 5.91 Å². The SMILES string of the molecule is O=C(c1ccccn1)N(Cc1ccc(O)cc1)Cc1ccco1. The molecular weight excluding hydrogens is 292 g/mol. The Morgan fingerprint density at radius 3 is 2.52 bits per heavy atom. The minimum Gasteiger partial charge on any atom is -0.508 e. The van der Waals surface area contributed by atoms with Gasteiger partial charge in [-0.3, -0.25) is 9.78 Å². The first kappa shape index (κ1) is 14.8. The molecule has 1 N–H and O–H groups in total. The van der Waals surface area contributed by atoms with Gasteiger partial charge in [0.25, 0.3) is 5.91 Å². The van der Waals surface area contributed by atoms with Gasteiger partial charge >= 0.3 is 0 Å². The maximum absolute atomic E-state index is 12.7. The van der Waals surface area contributed by atoms with Crippen LogP contribution < -0.4 is 0 Å². The van der Waals surface area contributed by atoms with Crippen LogP contribution in [0.5, 0.6) is 5.75 Å². The number of pyridine rings is 1. The molecule has 0 bridgehead atoms. The van der Waals surface area contributed by atoms with E-state index in [4.69, 9.17) is 4.42 Å². The number of amides is 1. The largest absolute Gasteiger partial charge is 0.508 e. The van der Waals surface area contributed by atoms with E-state index in [1.165, 1.54) is 0 Å². The number of hydrogen-bond acceptors (Lipinski definition) is 4. The van der Waals surface area contributed by atoms with E-state index in [0.29, 0.717) is 24.5 Å². The molecule has 23 heavy (non-hydrogen) atoms. The van der Waals surface area contributed by atoms with E-state index in [1.807, 2.05) is 6.07 Å². The monoisotopic (exact) mass is 308 g/mol. The minimum atomic E-state index is -0.171. The van der Waals surface area contributed by atoms with Gasteiger partial charge in [-0.05, 0) is 42.0 Å². The molecule has 0 saturated carbocycles. The summed E-state index contributed by atoms with van der Waals surface area (Å²) in [6.45, 7) is 0.750. The number of benzene rings is 1. The van der Waals surface area contributed by atoms with Crippen molar-refractivity contribution in [1.82, 2.24) is 9.88 Å². The van der Waals surface area contributed by atoms with E-state index in [1.54, 1.807) is 65.9 Å². The molecule has 2 heterocycles. The van der Waals surface area contributed by atoms with Crippen molar-refractivity contribution in [3.8, 4) is 5.75 Å². The summed E-state index contributed by atoms with van der Waals surface area (Å²) in [5.74, 6) is 0.727. The third-order valence-electron chi connectivity index (χ3n) is 3.41. The van der Waals surface area contributed by atoms with Crippen LogP contribution in [0, 0.1) is 0 Å². The van der Waals surface area contributed by atoms with Crippen LogP contribution in [0.3, 0.4) is 0 Å². The van der Waals surface area contributed by atoms with Gasteiger partial charge in [0, 0.05) is 12.7 Å². The Bertz CT molecular complexity index is 753. The van der Waals surface area contributed by atoms with Crippen molar-refractivity contribution in [3.63, 3.8) is 0 Å². The number of aromatic nitrogens is 1. The maximum Gasteiger partial charge on any atom is 0.273 e. The molecule has 3 rings (SSSR count). The molecule has 2 aromatic heterocycles. The van der Waals surface area contributed by atoms with E-state index in [-0.39, 0.29) is 11.7 Å². The third kappa shape index (κ3) is 3.77. The smallest absolute Gasteiger partial charge is 0.273 e. The molecule has 5 heteroatoms. The molecule has 1 aromatic carbocycles. The highest BCUT2D eigenvalue weighted by molar-refractivity contribution is 5.92. The minimum absolute atomic E-state index is 0.171. The fraction of sp³-hybridized carbons (Fsp3) is 0.111. The van der Waals surface area contributed by atoms with Crippen LogP contribution in [-0.2, 0) is 13.1 Å². The van der Waals surface area contributed by atoms with Crippen LogP contribution in [0.2, 0.25) is 0 Å². The second-order valence-electron chi connectivity index (χ2n) is 5.12. The first-order chi connectivity index (χ1) is 11.2. The molecule has 1 amide bonds. The number of furan rings is 1. The van der Waals surface area contributed by atoms with Crippen LogP contribution >= 0.6 is 0 Å². The van der Waals surface area contributed by atoms with Crippen LogP contribution in [-0.4, -0.2) is 20.9 Å². The van der Waals surface area contributed by atoms with Crippen LogP contribution in [0.25, 0.3) is 0 Å².